The highest BCUT2D eigenvalue weighted by Crippen LogP contribution is 2.11. The Morgan fingerprint density at radius 3 is 2.78 bits per heavy atom. The number of phenolic OH excluding ortho intramolecular Hbond substituents is 1. The molecule has 0 aliphatic carbocycles. The van der Waals surface area contributed by atoms with Gasteiger partial charge >= 0.3 is 5.97 Å². The van der Waals surface area contributed by atoms with Crippen LogP contribution in [0.4, 0.5) is 5.69 Å². The number of hydrazone groups is 1. The number of aromatic hydroxyl groups is 1. The Morgan fingerprint density at radius 2 is 2.04 bits per heavy atom. The normalized spacial score (nSPS) is 10.3. The second-order valence-corrected chi connectivity index (χ2v) is 4.90. The zero-order valence-corrected chi connectivity index (χ0v) is 13.1. The molecule has 0 aromatic heterocycles. The van der Waals surface area contributed by atoms with Crippen LogP contribution in [0, 0.1) is 0 Å². The summed E-state index contributed by atoms with van der Waals surface area (Å²) in [5.74, 6) is -0.260. The number of nitrogens with one attached hydrogen (secondary N) is 2. The maximum Gasteiger partial charge on any atom is 0.337 e. The van der Waals surface area contributed by atoms with E-state index in [-0.39, 0.29) is 10.9 Å². The number of hydrogen-bond donors (Lipinski definition) is 3. The van der Waals surface area contributed by atoms with E-state index < -0.39 is 5.97 Å². The molecule has 2 aromatic rings. The third-order valence-electron chi connectivity index (χ3n) is 2.79. The van der Waals surface area contributed by atoms with Gasteiger partial charge in [-0.15, -0.1) is 0 Å². The summed E-state index contributed by atoms with van der Waals surface area (Å²) in [6, 6.07) is 13.4. The first-order valence-corrected chi connectivity index (χ1v) is 7.07. The van der Waals surface area contributed by atoms with Crippen LogP contribution in [-0.4, -0.2) is 29.5 Å². The van der Waals surface area contributed by atoms with E-state index in [1.54, 1.807) is 48.5 Å². The molecule has 2 aromatic carbocycles. The lowest BCUT2D eigenvalue weighted by Gasteiger charge is -2.08. The first-order chi connectivity index (χ1) is 11.1. The number of benzene rings is 2. The molecule has 0 fully saturated rings. The van der Waals surface area contributed by atoms with Gasteiger partial charge in [0.15, 0.2) is 5.11 Å². The second-order valence-electron chi connectivity index (χ2n) is 4.49. The number of phenols is 1. The Hall–Kier alpha value is -2.93. The van der Waals surface area contributed by atoms with Crippen molar-refractivity contribution in [1.29, 1.82) is 0 Å². The standard InChI is InChI=1S/C16H15N3O3S/c1-22-15(21)12-5-3-6-13(9-12)18-16(23)19-17-10-11-4-2-7-14(20)8-11/h2-10,20H,1H3,(H2,18,19,23)/b17-10+. The fourth-order valence-electron chi connectivity index (χ4n) is 1.77. The van der Waals surface area contributed by atoms with E-state index >= 15 is 0 Å². The zero-order chi connectivity index (χ0) is 16.7. The van der Waals surface area contributed by atoms with Gasteiger partial charge < -0.3 is 15.2 Å². The molecule has 118 valence electrons. The molecule has 0 amide bonds. The highest BCUT2D eigenvalue weighted by molar-refractivity contribution is 7.80. The number of carbonyl (C=O) groups is 1. The first-order valence-electron chi connectivity index (χ1n) is 6.66. The minimum absolute atomic E-state index is 0.161. The number of carbonyl (C=O) groups excluding carboxylic acids is 1. The molecule has 0 aliphatic heterocycles. The van der Waals surface area contributed by atoms with Crippen LogP contribution in [0.1, 0.15) is 15.9 Å². The summed E-state index contributed by atoms with van der Waals surface area (Å²) in [6.45, 7) is 0. The minimum Gasteiger partial charge on any atom is -0.508 e. The first kappa shape index (κ1) is 16.4. The molecular formula is C16H15N3O3S. The molecule has 2 rings (SSSR count). The van der Waals surface area contributed by atoms with Gasteiger partial charge in [-0.3, -0.25) is 5.43 Å². The number of anilines is 1. The average Bonchev–Trinajstić information content (AvgIpc) is 2.54. The predicted octanol–water partition coefficient (Wildman–Crippen LogP) is 2.50. The highest BCUT2D eigenvalue weighted by atomic mass is 32.1. The van der Waals surface area contributed by atoms with E-state index in [1.807, 2.05) is 0 Å². The third kappa shape index (κ3) is 5.08. The molecule has 6 nitrogen and oxygen atoms in total. The average molecular weight is 329 g/mol. The minimum atomic E-state index is -0.422. The van der Waals surface area contributed by atoms with Crippen LogP contribution in [0.2, 0.25) is 0 Å². The molecule has 0 spiro atoms. The number of nitrogens with zero attached hydrogens (tertiary/aromatic N) is 1. The molecule has 3 N–H and O–H groups in total. The number of ether oxygens (including phenoxy) is 1. The Labute approximate surface area is 138 Å². The van der Waals surface area contributed by atoms with Gasteiger partial charge in [-0.1, -0.05) is 18.2 Å². The molecule has 0 saturated carbocycles. The molecular weight excluding hydrogens is 314 g/mol. The fraction of sp³-hybridized carbons (Fsp3) is 0.0625. The fourth-order valence-corrected chi connectivity index (χ4v) is 1.94. The summed E-state index contributed by atoms with van der Waals surface area (Å²) in [7, 11) is 1.32. The van der Waals surface area contributed by atoms with Gasteiger partial charge in [0.25, 0.3) is 0 Å². The topological polar surface area (TPSA) is 83.0 Å². The van der Waals surface area contributed by atoms with Crippen LogP contribution in [0.5, 0.6) is 5.75 Å². The van der Waals surface area contributed by atoms with Gasteiger partial charge in [-0.25, -0.2) is 4.79 Å². The van der Waals surface area contributed by atoms with E-state index in [4.69, 9.17) is 12.2 Å². The van der Waals surface area contributed by atoms with E-state index in [0.717, 1.165) is 5.56 Å². The van der Waals surface area contributed by atoms with E-state index in [2.05, 4.69) is 20.6 Å². The third-order valence-corrected chi connectivity index (χ3v) is 2.98. The van der Waals surface area contributed by atoms with Crippen LogP contribution in [0.25, 0.3) is 0 Å². The van der Waals surface area contributed by atoms with E-state index in [0.29, 0.717) is 11.3 Å². The van der Waals surface area contributed by atoms with Crippen molar-refractivity contribution in [3.63, 3.8) is 0 Å². The SMILES string of the molecule is COC(=O)c1cccc(NC(=S)N/N=C/c2cccc(O)c2)c1. The number of thiocarbonyl (C=S) groups is 1. The quantitative estimate of drug-likeness (QED) is 0.346. The molecule has 0 atom stereocenters. The molecule has 7 heteroatoms. The van der Waals surface area contributed by atoms with Crippen molar-refractivity contribution in [2.24, 2.45) is 5.10 Å². The van der Waals surface area contributed by atoms with Crippen LogP contribution < -0.4 is 10.7 Å². The summed E-state index contributed by atoms with van der Waals surface area (Å²) in [5, 5.41) is 16.5. The highest BCUT2D eigenvalue weighted by Gasteiger charge is 2.06. The second kappa shape index (κ2) is 7.90. The van der Waals surface area contributed by atoms with Gasteiger partial charge in [0.2, 0.25) is 0 Å². The maximum absolute atomic E-state index is 11.5. The molecule has 23 heavy (non-hydrogen) atoms. The van der Waals surface area contributed by atoms with Crippen LogP contribution >= 0.6 is 12.2 Å². The predicted molar refractivity (Wildman–Crippen MR) is 92.8 cm³/mol. The Morgan fingerprint density at radius 1 is 1.26 bits per heavy atom. The lowest BCUT2D eigenvalue weighted by molar-refractivity contribution is 0.0601. The molecule has 0 heterocycles. The van der Waals surface area contributed by atoms with E-state index in [9.17, 15) is 9.90 Å². The van der Waals surface area contributed by atoms with E-state index in [1.165, 1.54) is 13.3 Å². The Balaban J connectivity index is 1.93. The summed E-state index contributed by atoms with van der Waals surface area (Å²) in [5.41, 5.74) is 4.44. The molecule has 0 bridgehead atoms. The van der Waals surface area contributed by atoms with Crippen LogP contribution in [-0.2, 0) is 4.74 Å². The van der Waals surface area contributed by atoms with Gasteiger partial charge in [0.05, 0.1) is 18.9 Å². The number of hydrogen-bond acceptors (Lipinski definition) is 5. The number of methoxy groups -OCH3 is 1. The van der Waals surface area contributed by atoms with Gasteiger partial charge in [0, 0.05) is 5.69 Å². The molecule has 0 unspecified atom stereocenters. The van der Waals surface area contributed by atoms with Crippen LogP contribution in [0.15, 0.2) is 53.6 Å². The lowest BCUT2D eigenvalue weighted by atomic mass is 10.2. The largest absolute Gasteiger partial charge is 0.508 e. The molecule has 0 saturated heterocycles. The van der Waals surface area contributed by atoms with Crippen molar-refractivity contribution >= 4 is 35.2 Å². The Bertz CT molecular complexity index is 747. The summed E-state index contributed by atoms with van der Waals surface area (Å²) < 4.78 is 4.66. The van der Waals surface area contributed by atoms with Crippen molar-refractivity contribution in [1.82, 2.24) is 5.43 Å². The molecule has 0 aliphatic rings. The van der Waals surface area contributed by atoms with Crippen molar-refractivity contribution in [3.05, 3.63) is 59.7 Å². The zero-order valence-electron chi connectivity index (χ0n) is 12.3. The lowest BCUT2D eigenvalue weighted by Crippen LogP contribution is -2.24. The van der Waals surface area contributed by atoms with Gasteiger partial charge in [0.1, 0.15) is 5.75 Å². The van der Waals surface area contributed by atoms with Crippen molar-refractivity contribution in [2.45, 2.75) is 0 Å². The monoisotopic (exact) mass is 329 g/mol. The van der Waals surface area contributed by atoms with Gasteiger partial charge in [-0.05, 0) is 48.1 Å². The van der Waals surface area contributed by atoms with Crippen molar-refractivity contribution in [2.75, 3.05) is 12.4 Å². The Kier molecular flexibility index (Phi) is 5.65. The summed E-state index contributed by atoms with van der Waals surface area (Å²) in [4.78, 5) is 11.5. The molecule has 0 radical (unpaired) electrons. The van der Waals surface area contributed by atoms with Crippen molar-refractivity contribution in [3.8, 4) is 5.75 Å². The van der Waals surface area contributed by atoms with Gasteiger partial charge in [-0.2, -0.15) is 5.10 Å². The van der Waals surface area contributed by atoms with Crippen LogP contribution in [0.3, 0.4) is 0 Å². The van der Waals surface area contributed by atoms with Crippen molar-refractivity contribution < 1.29 is 14.6 Å². The smallest absolute Gasteiger partial charge is 0.337 e. The summed E-state index contributed by atoms with van der Waals surface area (Å²) in [6.07, 6.45) is 1.53. The number of esters is 1. The summed E-state index contributed by atoms with van der Waals surface area (Å²) >= 11 is 5.11. The number of rotatable bonds is 4. The maximum atomic E-state index is 11.5.